The highest BCUT2D eigenvalue weighted by Crippen LogP contribution is 2.28. The predicted octanol–water partition coefficient (Wildman–Crippen LogP) is 3.52. The van der Waals surface area contributed by atoms with Crippen molar-refractivity contribution >= 4 is 33.7 Å². The van der Waals surface area contributed by atoms with Crippen LogP contribution in [0.5, 0.6) is 0 Å². The second-order valence-electron chi connectivity index (χ2n) is 8.27. The van der Waals surface area contributed by atoms with Gasteiger partial charge in [0.2, 0.25) is 0 Å². The van der Waals surface area contributed by atoms with E-state index in [-0.39, 0.29) is 34.9 Å². The Kier molecular flexibility index (Phi) is 8.35. The number of nitrogens with zero attached hydrogens (tertiary/aromatic N) is 1. The van der Waals surface area contributed by atoms with Gasteiger partial charge in [-0.05, 0) is 62.4 Å². The number of hydrogen-bond acceptors (Lipinski definition) is 8. The Labute approximate surface area is 225 Å². The van der Waals surface area contributed by atoms with Gasteiger partial charge >= 0.3 is 18.0 Å². The lowest BCUT2D eigenvalue weighted by molar-refractivity contribution is -0.139. The number of anilines is 1. The molecule has 0 saturated heterocycles. The third-order valence-corrected chi connectivity index (χ3v) is 7.75. The van der Waals surface area contributed by atoms with Crippen LogP contribution in [-0.2, 0) is 24.3 Å². The van der Waals surface area contributed by atoms with Crippen molar-refractivity contribution in [2.24, 2.45) is 0 Å². The Morgan fingerprint density at radius 2 is 1.67 bits per heavy atom. The predicted molar refractivity (Wildman–Crippen MR) is 140 cm³/mol. The molecule has 0 bridgehead atoms. The molecule has 1 unspecified atom stereocenters. The van der Waals surface area contributed by atoms with Crippen LogP contribution >= 0.6 is 0 Å². The number of ether oxygens (including phenoxy) is 2. The van der Waals surface area contributed by atoms with Crippen molar-refractivity contribution in [1.29, 1.82) is 0 Å². The van der Waals surface area contributed by atoms with E-state index in [1.54, 1.807) is 56.3 Å². The zero-order valence-corrected chi connectivity index (χ0v) is 22.1. The highest BCUT2D eigenvalue weighted by Gasteiger charge is 2.36. The summed E-state index contributed by atoms with van der Waals surface area (Å²) in [5.74, 6) is -1.21. The molecule has 1 aliphatic heterocycles. The van der Waals surface area contributed by atoms with Gasteiger partial charge in [0, 0.05) is 6.54 Å². The number of furan rings is 1. The minimum Gasteiger partial charge on any atom is -0.467 e. The molecule has 0 fully saturated rings. The summed E-state index contributed by atoms with van der Waals surface area (Å²) in [4.78, 5) is 37.8. The van der Waals surface area contributed by atoms with Gasteiger partial charge in [-0.15, -0.1) is 0 Å². The number of hydrogen-bond donors (Lipinski definition) is 2. The van der Waals surface area contributed by atoms with Crippen molar-refractivity contribution < 1.29 is 36.7 Å². The zero-order valence-electron chi connectivity index (χ0n) is 21.2. The van der Waals surface area contributed by atoms with Crippen LogP contribution in [0, 0.1) is 0 Å². The van der Waals surface area contributed by atoms with Gasteiger partial charge in [0.25, 0.3) is 10.0 Å². The van der Waals surface area contributed by atoms with Crippen LogP contribution in [0.25, 0.3) is 0 Å². The van der Waals surface area contributed by atoms with E-state index in [4.69, 9.17) is 13.9 Å². The number of carbonyl (C=O) groups excluding carboxylic acids is 3. The number of urea groups is 1. The van der Waals surface area contributed by atoms with Crippen LogP contribution in [0.4, 0.5) is 10.5 Å². The lowest BCUT2D eigenvalue weighted by Gasteiger charge is -2.27. The summed E-state index contributed by atoms with van der Waals surface area (Å²) in [5.41, 5.74) is 0.665. The number of sulfonamides is 1. The molecule has 0 radical (unpaired) electrons. The second-order valence-corrected chi connectivity index (χ2v) is 10.1. The summed E-state index contributed by atoms with van der Waals surface area (Å²) in [7, 11) is -3.87. The van der Waals surface area contributed by atoms with E-state index in [0.717, 1.165) is 0 Å². The average Bonchev–Trinajstić information content (AvgIpc) is 3.47. The van der Waals surface area contributed by atoms with Crippen molar-refractivity contribution in [2.45, 2.75) is 24.8 Å². The molecule has 1 aliphatic rings. The first kappa shape index (κ1) is 27.5. The van der Waals surface area contributed by atoms with Crippen LogP contribution in [0.3, 0.4) is 0 Å². The van der Waals surface area contributed by atoms with Gasteiger partial charge in [-0.25, -0.2) is 22.8 Å². The maximum atomic E-state index is 13.2. The molecule has 1 aromatic heterocycles. The Morgan fingerprint density at radius 1 is 0.949 bits per heavy atom. The van der Waals surface area contributed by atoms with Gasteiger partial charge < -0.3 is 24.5 Å². The van der Waals surface area contributed by atoms with Crippen LogP contribution < -0.4 is 14.9 Å². The molecule has 2 amide bonds. The van der Waals surface area contributed by atoms with Gasteiger partial charge in [-0.3, -0.25) is 4.31 Å². The largest absolute Gasteiger partial charge is 0.467 e. The van der Waals surface area contributed by atoms with E-state index in [1.165, 1.54) is 34.8 Å². The molecule has 0 aliphatic carbocycles. The highest BCUT2D eigenvalue weighted by atomic mass is 32.2. The minimum atomic E-state index is -3.87. The van der Waals surface area contributed by atoms with Gasteiger partial charge in [0.15, 0.2) is 0 Å². The Balaban J connectivity index is 1.53. The molecular formula is C27H27N3O8S. The fourth-order valence-electron chi connectivity index (χ4n) is 4.05. The Morgan fingerprint density at radius 3 is 2.28 bits per heavy atom. The molecule has 0 saturated carbocycles. The smallest absolute Gasteiger partial charge is 0.338 e. The van der Waals surface area contributed by atoms with Crippen LogP contribution in [0.2, 0.25) is 0 Å². The summed E-state index contributed by atoms with van der Waals surface area (Å²) in [6.45, 7) is 3.22. The summed E-state index contributed by atoms with van der Waals surface area (Å²) in [6.07, 6.45) is 1.40. The average molecular weight is 554 g/mol. The van der Waals surface area contributed by atoms with Crippen molar-refractivity contribution in [1.82, 2.24) is 10.6 Å². The molecule has 4 rings (SSSR count). The summed E-state index contributed by atoms with van der Waals surface area (Å²) >= 11 is 0. The molecule has 2 N–H and O–H groups in total. The fraction of sp³-hybridized carbons (Fsp3) is 0.222. The Hall–Kier alpha value is -4.58. The lowest BCUT2D eigenvalue weighted by Crippen LogP contribution is -2.47. The van der Waals surface area contributed by atoms with E-state index in [2.05, 4.69) is 10.6 Å². The summed E-state index contributed by atoms with van der Waals surface area (Å²) in [6, 6.07) is 15.6. The van der Waals surface area contributed by atoms with E-state index < -0.39 is 40.6 Å². The first-order valence-corrected chi connectivity index (χ1v) is 13.6. The highest BCUT2D eigenvalue weighted by molar-refractivity contribution is 7.92. The number of benzene rings is 2. The van der Waals surface area contributed by atoms with Crippen LogP contribution in [0.1, 0.15) is 36.0 Å². The third kappa shape index (κ3) is 5.96. The first-order chi connectivity index (χ1) is 18.8. The maximum absolute atomic E-state index is 13.2. The summed E-state index contributed by atoms with van der Waals surface area (Å²) < 4.78 is 43.5. The number of carbonyl (C=O) groups is 3. The summed E-state index contributed by atoms with van der Waals surface area (Å²) in [5, 5.41) is 5.09. The standard InChI is InChI=1S/C27H27N3O8S/c1-3-30(19-9-6-5-7-10-19)39(34,35)20-14-12-18(13-15-20)25(31)38-17-21-23(26(32)36-4-2)24(29-27(33)28-21)22-11-8-16-37-22/h5-16,24H,3-4,17H2,1-2H3,(H2,28,29,33). The number of nitrogens with one attached hydrogen (secondary N) is 2. The van der Waals surface area contributed by atoms with E-state index >= 15 is 0 Å². The molecule has 2 aromatic carbocycles. The van der Waals surface area contributed by atoms with Gasteiger partial charge in [-0.2, -0.15) is 0 Å². The molecule has 39 heavy (non-hydrogen) atoms. The molecule has 1 atom stereocenters. The SMILES string of the molecule is CCOC(=O)C1=C(COC(=O)c2ccc(S(=O)(=O)N(CC)c3ccccc3)cc2)NC(=O)NC1c1ccco1. The molecule has 11 nitrogen and oxygen atoms in total. The lowest BCUT2D eigenvalue weighted by atomic mass is 10.0. The monoisotopic (exact) mass is 553 g/mol. The molecule has 2 heterocycles. The normalized spacial score (nSPS) is 15.2. The van der Waals surface area contributed by atoms with Crippen LogP contribution in [-0.4, -0.2) is 46.1 Å². The number of rotatable bonds is 10. The van der Waals surface area contributed by atoms with E-state index in [1.807, 2.05) is 0 Å². The van der Waals surface area contributed by atoms with Crippen molar-refractivity contribution in [2.75, 3.05) is 24.1 Å². The third-order valence-electron chi connectivity index (χ3n) is 5.83. The molecule has 204 valence electrons. The molecular weight excluding hydrogens is 526 g/mol. The van der Waals surface area contributed by atoms with Gasteiger partial charge in [-0.1, -0.05) is 18.2 Å². The van der Waals surface area contributed by atoms with E-state index in [0.29, 0.717) is 11.4 Å². The molecule has 12 heteroatoms. The van der Waals surface area contributed by atoms with Gasteiger partial charge in [0.1, 0.15) is 18.4 Å². The van der Waals surface area contributed by atoms with Crippen LogP contribution in [0.15, 0.2) is 93.6 Å². The number of para-hydroxylation sites is 1. The number of amides is 2. The van der Waals surface area contributed by atoms with Crippen molar-refractivity contribution in [3.8, 4) is 0 Å². The molecule has 0 spiro atoms. The zero-order chi connectivity index (χ0) is 28.0. The van der Waals surface area contributed by atoms with Crippen molar-refractivity contribution in [3.63, 3.8) is 0 Å². The fourth-order valence-corrected chi connectivity index (χ4v) is 5.52. The van der Waals surface area contributed by atoms with Gasteiger partial charge in [0.05, 0.1) is 40.3 Å². The quantitative estimate of drug-likeness (QED) is 0.363. The minimum absolute atomic E-state index is 0.00367. The molecule has 3 aromatic rings. The maximum Gasteiger partial charge on any atom is 0.338 e. The van der Waals surface area contributed by atoms with Crippen molar-refractivity contribution in [3.05, 3.63) is 95.6 Å². The van der Waals surface area contributed by atoms with E-state index in [9.17, 15) is 22.8 Å². The first-order valence-electron chi connectivity index (χ1n) is 12.1. The topological polar surface area (TPSA) is 144 Å². The Bertz CT molecular complexity index is 1470. The number of esters is 2. The second kappa shape index (κ2) is 11.9.